The monoisotopic (exact) mass is 360 g/mol. The number of guanidine groups is 1. The van der Waals surface area contributed by atoms with Crippen LogP contribution >= 0.6 is 0 Å². The predicted octanol–water partition coefficient (Wildman–Crippen LogP) is 4.11. The lowest BCUT2D eigenvalue weighted by Gasteiger charge is -2.06. The first-order valence-corrected chi connectivity index (χ1v) is 10.1. The molecule has 5 nitrogen and oxygen atoms in total. The maximum Gasteiger partial charge on any atom is 0.251 e. The number of benzene rings is 1. The van der Waals surface area contributed by atoms with E-state index < -0.39 is 0 Å². The van der Waals surface area contributed by atoms with Crippen molar-refractivity contribution in [2.45, 2.75) is 77.7 Å². The Morgan fingerprint density at radius 1 is 0.885 bits per heavy atom. The van der Waals surface area contributed by atoms with Gasteiger partial charge in [0, 0.05) is 12.1 Å². The van der Waals surface area contributed by atoms with E-state index in [1.165, 1.54) is 57.8 Å². The van der Waals surface area contributed by atoms with Gasteiger partial charge in [0.25, 0.3) is 5.91 Å². The van der Waals surface area contributed by atoms with Crippen LogP contribution < -0.4 is 16.8 Å². The first-order chi connectivity index (χ1) is 12.6. The smallest absolute Gasteiger partial charge is 0.251 e. The largest absolute Gasteiger partial charge is 0.370 e. The van der Waals surface area contributed by atoms with Crippen LogP contribution in [0.15, 0.2) is 29.3 Å². The molecule has 1 aromatic rings. The summed E-state index contributed by atoms with van der Waals surface area (Å²) in [6.07, 6.45) is 13.0. The molecule has 1 aromatic carbocycles. The first kappa shape index (κ1) is 22.0. The molecule has 0 aliphatic rings. The molecular formula is C21H36N4O. The van der Waals surface area contributed by atoms with Gasteiger partial charge in [-0.2, -0.15) is 0 Å². The van der Waals surface area contributed by atoms with Crippen LogP contribution in [-0.4, -0.2) is 18.4 Å². The molecule has 0 fully saturated rings. The SMILES string of the molecule is CCCCCCCCCCCCNC(=O)c1ccc(CN=C(N)N)cc1. The molecule has 0 spiro atoms. The first-order valence-electron chi connectivity index (χ1n) is 10.1. The van der Waals surface area contributed by atoms with E-state index >= 15 is 0 Å². The third kappa shape index (κ3) is 10.7. The van der Waals surface area contributed by atoms with Crippen molar-refractivity contribution in [1.29, 1.82) is 0 Å². The van der Waals surface area contributed by atoms with E-state index in [0.29, 0.717) is 12.1 Å². The van der Waals surface area contributed by atoms with Gasteiger partial charge in [0.2, 0.25) is 0 Å². The molecule has 26 heavy (non-hydrogen) atoms. The van der Waals surface area contributed by atoms with Crippen molar-refractivity contribution in [2.24, 2.45) is 16.5 Å². The zero-order chi connectivity index (χ0) is 19.0. The number of hydrogen-bond acceptors (Lipinski definition) is 2. The maximum absolute atomic E-state index is 12.1. The fourth-order valence-electron chi connectivity index (χ4n) is 2.86. The van der Waals surface area contributed by atoms with Crippen molar-refractivity contribution < 1.29 is 4.79 Å². The molecule has 1 amide bonds. The second-order valence-corrected chi connectivity index (χ2v) is 6.88. The Kier molecular flexibility index (Phi) is 12.0. The number of rotatable bonds is 14. The van der Waals surface area contributed by atoms with Crippen LogP contribution in [0.4, 0.5) is 0 Å². The van der Waals surface area contributed by atoms with Crippen LogP contribution in [0.1, 0.15) is 87.1 Å². The number of nitrogens with two attached hydrogens (primary N) is 2. The highest BCUT2D eigenvalue weighted by Gasteiger charge is 2.04. The Morgan fingerprint density at radius 3 is 1.96 bits per heavy atom. The molecule has 1 rings (SSSR count). The molecule has 0 aliphatic heterocycles. The molecule has 0 heterocycles. The van der Waals surface area contributed by atoms with Gasteiger partial charge in [-0.3, -0.25) is 4.79 Å². The molecule has 0 atom stereocenters. The number of amides is 1. The van der Waals surface area contributed by atoms with Gasteiger partial charge in [-0.15, -0.1) is 0 Å². The summed E-state index contributed by atoms with van der Waals surface area (Å²) < 4.78 is 0. The lowest BCUT2D eigenvalue weighted by atomic mass is 10.1. The average molecular weight is 361 g/mol. The highest BCUT2D eigenvalue weighted by atomic mass is 16.1. The van der Waals surface area contributed by atoms with Crippen LogP contribution in [-0.2, 0) is 6.54 Å². The van der Waals surface area contributed by atoms with Crippen molar-refractivity contribution in [3.63, 3.8) is 0 Å². The molecule has 146 valence electrons. The molecule has 0 aromatic heterocycles. The normalized spacial score (nSPS) is 10.5. The summed E-state index contributed by atoms with van der Waals surface area (Å²) in [7, 11) is 0. The summed E-state index contributed by atoms with van der Waals surface area (Å²) >= 11 is 0. The summed E-state index contributed by atoms with van der Waals surface area (Å²) in [6.45, 7) is 3.43. The number of carbonyl (C=O) groups excluding carboxylic acids is 1. The minimum atomic E-state index is -0.0192. The van der Waals surface area contributed by atoms with Crippen LogP contribution in [0.3, 0.4) is 0 Å². The summed E-state index contributed by atoms with van der Waals surface area (Å²) in [5.41, 5.74) is 12.3. The lowest BCUT2D eigenvalue weighted by Crippen LogP contribution is -2.24. The summed E-state index contributed by atoms with van der Waals surface area (Å²) in [4.78, 5) is 16.1. The van der Waals surface area contributed by atoms with E-state index in [1.807, 2.05) is 24.3 Å². The molecule has 0 aliphatic carbocycles. The molecule has 0 saturated carbocycles. The summed E-state index contributed by atoms with van der Waals surface area (Å²) in [5, 5.41) is 2.99. The van der Waals surface area contributed by atoms with Gasteiger partial charge in [-0.05, 0) is 24.1 Å². The van der Waals surface area contributed by atoms with Crippen molar-refractivity contribution in [1.82, 2.24) is 5.32 Å². The Hall–Kier alpha value is -2.04. The third-order valence-electron chi connectivity index (χ3n) is 4.48. The lowest BCUT2D eigenvalue weighted by molar-refractivity contribution is 0.0953. The standard InChI is InChI=1S/C21H36N4O/c1-2-3-4-5-6-7-8-9-10-11-16-24-20(26)19-14-12-18(13-15-19)17-25-21(22)23/h12-15H,2-11,16-17H2,1H3,(H,24,26)(H4,22,23,25). The zero-order valence-corrected chi connectivity index (χ0v) is 16.3. The predicted molar refractivity (Wildman–Crippen MR) is 110 cm³/mol. The minimum Gasteiger partial charge on any atom is -0.370 e. The van der Waals surface area contributed by atoms with E-state index in [0.717, 1.165) is 18.5 Å². The molecule has 0 unspecified atom stereocenters. The molecule has 5 heteroatoms. The quantitative estimate of drug-likeness (QED) is 0.265. The number of unbranched alkanes of at least 4 members (excludes halogenated alkanes) is 9. The van der Waals surface area contributed by atoms with Crippen molar-refractivity contribution in [3.8, 4) is 0 Å². The van der Waals surface area contributed by atoms with Crippen molar-refractivity contribution in [3.05, 3.63) is 35.4 Å². The van der Waals surface area contributed by atoms with E-state index in [1.54, 1.807) is 0 Å². The van der Waals surface area contributed by atoms with Crippen LogP contribution in [0.25, 0.3) is 0 Å². The molecule has 0 bridgehead atoms. The highest BCUT2D eigenvalue weighted by molar-refractivity contribution is 5.94. The van der Waals surface area contributed by atoms with E-state index in [2.05, 4.69) is 17.2 Å². The molecule has 5 N–H and O–H groups in total. The van der Waals surface area contributed by atoms with Crippen LogP contribution in [0.5, 0.6) is 0 Å². The molecular weight excluding hydrogens is 324 g/mol. The fourth-order valence-corrected chi connectivity index (χ4v) is 2.86. The second kappa shape index (κ2) is 14.2. The number of aliphatic imine (C=N–C) groups is 1. The van der Waals surface area contributed by atoms with E-state index in [9.17, 15) is 4.79 Å². The van der Waals surface area contributed by atoms with Crippen LogP contribution in [0, 0.1) is 0 Å². The Bertz CT molecular complexity index is 521. The van der Waals surface area contributed by atoms with Crippen LogP contribution in [0.2, 0.25) is 0 Å². The number of hydrogen-bond donors (Lipinski definition) is 3. The molecule has 0 saturated heterocycles. The van der Waals surface area contributed by atoms with Gasteiger partial charge in [0.15, 0.2) is 5.96 Å². The van der Waals surface area contributed by atoms with Crippen molar-refractivity contribution >= 4 is 11.9 Å². The number of nitrogens with one attached hydrogen (secondary N) is 1. The Labute approximate surface area is 158 Å². The van der Waals surface area contributed by atoms with Gasteiger partial charge in [0.1, 0.15) is 0 Å². The zero-order valence-electron chi connectivity index (χ0n) is 16.3. The van der Waals surface area contributed by atoms with Gasteiger partial charge < -0.3 is 16.8 Å². The van der Waals surface area contributed by atoms with Gasteiger partial charge in [0.05, 0.1) is 6.54 Å². The fraction of sp³-hybridized carbons (Fsp3) is 0.619. The topological polar surface area (TPSA) is 93.5 Å². The van der Waals surface area contributed by atoms with Gasteiger partial charge in [-0.25, -0.2) is 4.99 Å². The van der Waals surface area contributed by atoms with Gasteiger partial charge in [-0.1, -0.05) is 76.8 Å². The van der Waals surface area contributed by atoms with E-state index in [-0.39, 0.29) is 11.9 Å². The number of carbonyl (C=O) groups is 1. The average Bonchev–Trinajstić information content (AvgIpc) is 2.64. The Morgan fingerprint density at radius 2 is 1.42 bits per heavy atom. The van der Waals surface area contributed by atoms with E-state index in [4.69, 9.17) is 11.5 Å². The minimum absolute atomic E-state index is 0.0192. The number of nitrogens with zero attached hydrogens (tertiary/aromatic N) is 1. The maximum atomic E-state index is 12.1. The van der Waals surface area contributed by atoms with Crippen molar-refractivity contribution in [2.75, 3.05) is 6.54 Å². The summed E-state index contributed by atoms with van der Waals surface area (Å²) in [6, 6.07) is 7.38. The summed E-state index contributed by atoms with van der Waals surface area (Å²) in [5.74, 6) is 0.0534. The Balaban J connectivity index is 2.07. The van der Waals surface area contributed by atoms with Gasteiger partial charge >= 0.3 is 0 Å². The highest BCUT2D eigenvalue weighted by Crippen LogP contribution is 2.10. The molecule has 0 radical (unpaired) electrons. The second-order valence-electron chi connectivity index (χ2n) is 6.88. The third-order valence-corrected chi connectivity index (χ3v) is 4.48.